The van der Waals surface area contributed by atoms with Gasteiger partial charge >= 0.3 is 0 Å². The number of halogens is 1. The normalized spacial score (nSPS) is 18.0. The highest BCUT2D eigenvalue weighted by atomic mass is 32.2. The lowest BCUT2D eigenvalue weighted by molar-refractivity contribution is 0.133. The predicted octanol–water partition coefficient (Wildman–Crippen LogP) is 2.27. The number of sulfonamides is 1. The molecule has 1 aliphatic rings. The third-order valence-corrected chi connectivity index (χ3v) is 5.48. The topological polar surface area (TPSA) is 72.2 Å². The Morgan fingerprint density at radius 3 is 2.58 bits per heavy atom. The van der Waals surface area contributed by atoms with Gasteiger partial charge in [0, 0.05) is 12.2 Å². The first-order chi connectivity index (χ1) is 8.88. The zero-order valence-electron chi connectivity index (χ0n) is 10.9. The quantitative estimate of drug-likeness (QED) is 0.816. The molecule has 0 aromatic heterocycles. The minimum atomic E-state index is -3.81. The number of nitrogens with one attached hydrogen (secondary N) is 1. The van der Waals surface area contributed by atoms with Crippen LogP contribution in [0.5, 0.6) is 0 Å². The molecule has 0 aliphatic heterocycles. The van der Waals surface area contributed by atoms with Crippen molar-refractivity contribution in [2.75, 3.05) is 12.3 Å². The van der Waals surface area contributed by atoms with Crippen LogP contribution >= 0.6 is 0 Å². The summed E-state index contributed by atoms with van der Waals surface area (Å²) >= 11 is 0. The van der Waals surface area contributed by atoms with Crippen LogP contribution < -0.4 is 10.5 Å². The van der Waals surface area contributed by atoms with Crippen LogP contribution in [-0.2, 0) is 10.0 Å². The average molecular weight is 286 g/mol. The molecule has 0 unspecified atom stereocenters. The zero-order chi connectivity index (χ0) is 14.1. The van der Waals surface area contributed by atoms with Gasteiger partial charge in [-0.05, 0) is 42.9 Å². The van der Waals surface area contributed by atoms with Gasteiger partial charge in [0.25, 0.3) is 0 Å². The van der Waals surface area contributed by atoms with Gasteiger partial charge in [0.15, 0.2) is 0 Å². The maximum absolute atomic E-state index is 13.6. The van der Waals surface area contributed by atoms with Crippen molar-refractivity contribution >= 4 is 15.7 Å². The SMILES string of the molecule is CCC1(CNS(=O)(=O)c2ccc(N)cc2F)CCC1. The third-order valence-electron chi connectivity index (χ3n) is 4.05. The van der Waals surface area contributed by atoms with E-state index in [2.05, 4.69) is 11.6 Å². The molecule has 0 spiro atoms. The van der Waals surface area contributed by atoms with Gasteiger partial charge in [0.05, 0.1) is 0 Å². The minimum absolute atomic E-state index is 0.0529. The molecule has 0 amide bonds. The van der Waals surface area contributed by atoms with E-state index in [0.29, 0.717) is 6.54 Å². The predicted molar refractivity (Wildman–Crippen MR) is 72.6 cm³/mol. The molecule has 1 aromatic rings. The summed E-state index contributed by atoms with van der Waals surface area (Å²) in [4.78, 5) is -0.340. The van der Waals surface area contributed by atoms with Crippen LogP contribution in [0.3, 0.4) is 0 Å². The molecule has 0 radical (unpaired) electrons. The molecule has 3 N–H and O–H groups in total. The molecular weight excluding hydrogens is 267 g/mol. The molecule has 0 saturated heterocycles. The highest BCUT2D eigenvalue weighted by Crippen LogP contribution is 2.43. The van der Waals surface area contributed by atoms with E-state index >= 15 is 0 Å². The third kappa shape index (κ3) is 2.90. The maximum Gasteiger partial charge on any atom is 0.243 e. The smallest absolute Gasteiger partial charge is 0.243 e. The fourth-order valence-electron chi connectivity index (χ4n) is 2.39. The molecule has 106 valence electrons. The van der Waals surface area contributed by atoms with Gasteiger partial charge in [0.2, 0.25) is 10.0 Å². The standard InChI is InChI=1S/C13H19FN2O2S/c1-2-13(6-3-7-13)9-16-19(17,18)12-5-4-10(15)8-11(12)14/h4-5,8,16H,2-3,6-7,9,15H2,1H3. The first-order valence-electron chi connectivity index (χ1n) is 6.43. The minimum Gasteiger partial charge on any atom is -0.399 e. The molecule has 4 nitrogen and oxygen atoms in total. The van der Waals surface area contributed by atoms with Crippen molar-refractivity contribution in [1.29, 1.82) is 0 Å². The highest BCUT2D eigenvalue weighted by molar-refractivity contribution is 7.89. The van der Waals surface area contributed by atoms with Crippen molar-refractivity contribution in [1.82, 2.24) is 4.72 Å². The van der Waals surface area contributed by atoms with Crippen LogP contribution in [0.1, 0.15) is 32.6 Å². The van der Waals surface area contributed by atoms with E-state index in [9.17, 15) is 12.8 Å². The van der Waals surface area contributed by atoms with Gasteiger partial charge in [-0.25, -0.2) is 17.5 Å². The van der Waals surface area contributed by atoms with Crippen molar-refractivity contribution < 1.29 is 12.8 Å². The number of anilines is 1. The van der Waals surface area contributed by atoms with Gasteiger partial charge in [-0.2, -0.15) is 0 Å². The molecule has 1 fully saturated rings. The molecule has 0 heterocycles. The number of nitrogens with two attached hydrogens (primary N) is 1. The van der Waals surface area contributed by atoms with E-state index in [1.54, 1.807) is 0 Å². The van der Waals surface area contributed by atoms with Crippen molar-refractivity contribution in [3.8, 4) is 0 Å². The Hall–Kier alpha value is -1.14. The van der Waals surface area contributed by atoms with Gasteiger partial charge in [-0.15, -0.1) is 0 Å². The lowest BCUT2D eigenvalue weighted by Crippen LogP contribution is -2.41. The summed E-state index contributed by atoms with van der Waals surface area (Å²) in [6.07, 6.45) is 4.11. The highest BCUT2D eigenvalue weighted by Gasteiger charge is 2.36. The summed E-state index contributed by atoms with van der Waals surface area (Å²) in [7, 11) is -3.81. The molecule has 19 heavy (non-hydrogen) atoms. The van der Waals surface area contributed by atoms with Crippen molar-refractivity contribution in [3.05, 3.63) is 24.0 Å². The first kappa shape index (κ1) is 14.3. The van der Waals surface area contributed by atoms with E-state index in [1.165, 1.54) is 12.1 Å². The summed E-state index contributed by atoms with van der Waals surface area (Å²) in [5.74, 6) is -0.813. The molecule has 2 rings (SSSR count). The summed E-state index contributed by atoms with van der Waals surface area (Å²) in [5.41, 5.74) is 5.67. The second-order valence-electron chi connectivity index (χ2n) is 5.22. The maximum atomic E-state index is 13.6. The Labute approximate surface area is 113 Å². The van der Waals surface area contributed by atoms with Crippen LogP contribution in [0.15, 0.2) is 23.1 Å². The zero-order valence-corrected chi connectivity index (χ0v) is 11.8. The van der Waals surface area contributed by atoms with Crippen LogP contribution in [0.4, 0.5) is 10.1 Å². The van der Waals surface area contributed by atoms with E-state index in [-0.39, 0.29) is 16.0 Å². The van der Waals surface area contributed by atoms with Crippen molar-refractivity contribution in [2.24, 2.45) is 5.41 Å². The Balaban J connectivity index is 2.14. The van der Waals surface area contributed by atoms with Crippen molar-refractivity contribution in [3.63, 3.8) is 0 Å². The Morgan fingerprint density at radius 2 is 2.11 bits per heavy atom. The van der Waals surface area contributed by atoms with Gasteiger partial charge in [0.1, 0.15) is 10.7 Å². The summed E-state index contributed by atoms with van der Waals surface area (Å²) in [6, 6.07) is 3.61. The summed E-state index contributed by atoms with van der Waals surface area (Å²) in [6.45, 7) is 2.42. The molecule has 6 heteroatoms. The van der Waals surface area contributed by atoms with Crippen LogP contribution in [-0.4, -0.2) is 15.0 Å². The van der Waals surface area contributed by atoms with Crippen LogP contribution in [0.25, 0.3) is 0 Å². The monoisotopic (exact) mass is 286 g/mol. The van der Waals surface area contributed by atoms with E-state index < -0.39 is 15.8 Å². The number of hydrogen-bond donors (Lipinski definition) is 2. The number of nitrogen functional groups attached to an aromatic ring is 1. The average Bonchev–Trinajstić information content (AvgIpc) is 2.27. The fraction of sp³-hybridized carbons (Fsp3) is 0.538. The van der Waals surface area contributed by atoms with E-state index in [1.807, 2.05) is 0 Å². The molecule has 1 aliphatic carbocycles. The summed E-state index contributed by atoms with van der Waals surface area (Å²) in [5, 5.41) is 0. The lowest BCUT2D eigenvalue weighted by Gasteiger charge is -2.41. The molecule has 0 atom stereocenters. The van der Waals surface area contributed by atoms with Gasteiger partial charge in [-0.3, -0.25) is 0 Å². The van der Waals surface area contributed by atoms with Crippen LogP contribution in [0, 0.1) is 11.2 Å². The molecule has 0 bridgehead atoms. The number of rotatable bonds is 5. The Morgan fingerprint density at radius 1 is 1.42 bits per heavy atom. The second-order valence-corrected chi connectivity index (χ2v) is 6.96. The van der Waals surface area contributed by atoms with E-state index in [0.717, 1.165) is 31.7 Å². The van der Waals surface area contributed by atoms with E-state index in [4.69, 9.17) is 5.73 Å². The lowest BCUT2D eigenvalue weighted by atomic mass is 9.67. The second kappa shape index (κ2) is 5.09. The number of hydrogen-bond acceptors (Lipinski definition) is 3. The molecule has 1 saturated carbocycles. The molecule has 1 aromatic carbocycles. The first-order valence-corrected chi connectivity index (χ1v) is 7.92. The van der Waals surface area contributed by atoms with Gasteiger partial charge < -0.3 is 5.73 Å². The Bertz CT molecular complexity index is 562. The fourth-order valence-corrected chi connectivity index (χ4v) is 3.61. The Kier molecular flexibility index (Phi) is 3.82. The summed E-state index contributed by atoms with van der Waals surface area (Å²) < 4.78 is 40.3. The van der Waals surface area contributed by atoms with Crippen LogP contribution in [0.2, 0.25) is 0 Å². The van der Waals surface area contributed by atoms with Crippen molar-refractivity contribution in [2.45, 2.75) is 37.5 Å². The molecular formula is C13H19FN2O2S. The largest absolute Gasteiger partial charge is 0.399 e. The number of benzene rings is 1. The van der Waals surface area contributed by atoms with Gasteiger partial charge in [-0.1, -0.05) is 13.3 Å².